The zero-order valence-electron chi connectivity index (χ0n) is 11.0. The Labute approximate surface area is 113 Å². The monoisotopic (exact) mass is 254 g/mol. The lowest BCUT2D eigenvalue weighted by atomic mass is 9.92. The Morgan fingerprint density at radius 3 is 2.79 bits per heavy atom. The van der Waals surface area contributed by atoms with Gasteiger partial charge in [-0.1, -0.05) is 42.5 Å². The smallest absolute Gasteiger partial charge is 0.142 e. The van der Waals surface area contributed by atoms with Gasteiger partial charge in [-0.3, -0.25) is 4.79 Å². The van der Waals surface area contributed by atoms with Crippen molar-refractivity contribution in [3.63, 3.8) is 0 Å². The Balaban J connectivity index is 1.75. The second-order valence-electron chi connectivity index (χ2n) is 5.24. The maximum absolute atomic E-state index is 12.2. The van der Waals surface area contributed by atoms with Crippen LogP contribution in [0.2, 0.25) is 0 Å². The average Bonchev–Trinajstić information content (AvgIpc) is 2.48. The maximum atomic E-state index is 12.2. The first kappa shape index (κ1) is 12.4. The van der Waals surface area contributed by atoms with Crippen molar-refractivity contribution in [3.05, 3.63) is 48.0 Å². The fraction of sp³-hybridized carbons (Fsp3) is 0.353. The van der Waals surface area contributed by atoms with E-state index in [4.69, 9.17) is 4.74 Å². The molecular formula is C17H18O2. The minimum absolute atomic E-state index is 0.0974. The van der Waals surface area contributed by atoms with E-state index in [0.717, 1.165) is 25.0 Å². The van der Waals surface area contributed by atoms with Crippen LogP contribution < -0.4 is 0 Å². The number of rotatable bonds is 3. The molecule has 98 valence electrons. The third kappa shape index (κ3) is 2.85. The van der Waals surface area contributed by atoms with Gasteiger partial charge >= 0.3 is 0 Å². The van der Waals surface area contributed by atoms with E-state index < -0.39 is 0 Å². The summed E-state index contributed by atoms with van der Waals surface area (Å²) in [7, 11) is 0. The fourth-order valence-corrected chi connectivity index (χ4v) is 2.69. The van der Waals surface area contributed by atoms with Crippen LogP contribution in [-0.2, 0) is 16.0 Å². The van der Waals surface area contributed by atoms with E-state index in [0.29, 0.717) is 18.8 Å². The van der Waals surface area contributed by atoms with Crippen LogP contribution in [-0.4, -0.2) is 19.0 Å². The van der Waals surface area contributed by atoms with Crippen LogP contribution in [0.5, 0.6) is 0 Å². The van der Waals surface area contributed by atoms with Gasteiger partial charge in [-0.2, -0.15) is 0 Å². The predicted octanol–water partition coefficient (Wildman–Crippen LogP) is 3.38. The van der Waals surface area contributed by atoms with Crippen molar-refractivity contribution in [1.29, 1.82) is 0 Å². The maximum Gasteiger partial charge on any atom is 0.142 e. The average molecular weight is 254 g/mol. The summed E-state index contributed by atoms with van der Waals surface area (Å²) in [5.74, 6) is 0.412. The van der Waals surface area contributed by atoms with Gasteiger partial charge in [0, 0.05) is 18.9 Å². The molecule has 0 spiro atoms. The molecule has 2 nitrogen and oxygen atoms in total. The summed E-state index contributed by atoms with van der Waals surface area (Å²) in [6, 6.07) is 14.5. The highest BCUT2D eigenvalue weighted by Gasteiger charge is 2.21. The largest absolute Gasteiger partial charge is 0.381 e. The number of hydrogen-bond donors (Lipinski definition) is 0. The molecule has 0 bridgehead atoms. The fourth-order valence-electron chi connectivity index (χ4n) is 2.69. The third-order valence-corrected chi connectivity index (χ3v) is 3.81. The van der Waals surface area contributed by atoms with Crippen molar-refractivity contribution in [2.75, 3.05) is 13.2 Å². The molecule has 1 fully saturated rings. The number of fused-ring (bicyclic) bond motifs is 1. The van der Waals surface area contributed by atoms with Crippen LogP contribution >= 0.6 is 0 Å². The highest BCUT2D eigenvalue weighted by Crippen LogP contribution is 2.20. The van der Waals surface area contributed by atoms with Gasteiger partial charge in [-0.25, -0.2) is 0 Å². The molecule has 0 aromatic heterocycles. The first-order chi connectivity index (χ1) is 9.33. The Morgan fingerprint density at radius 1 is 1.16 bits per heavy atom. The van der Waals surface area contributed by atoms with Crippen LogP contribution in [0.4, 0.5) is 0 Å². The molecule has 0 aliphatic carbocycles. The predicted molar refractivity (Wildman–Crippen MR) is 76.2 cm³/mol. The number of benzene rings is 2. The Bertz CT molecular complexity index is 583. The summed E-state index contributed by atoms with van der Waals surface area (Å²) in [5.41, 5.74) is 1.11. The van der Waals surface area contributed by atoms with Crippen molar-refractivity contribution < 1.29 is 9.53 Å². The van der Waals surface area contributed by atoms with Gasteiger partial charge in [0.05, 0.1) is 6.61 Å². The summed E-state index contributed by atoms with van der Waals surface area (Å²) >= 11 is 0. The van der Waals surface area contributed by atoms with Gasteiger partial charge in [-0.05, 0) is 29.2 Å². The minimum atomic E-state index is 0.0974. The standard InChI is InChI=1S/C17H18O2/c18-17(16-6-3-9-19-12-16)11-13-7-8-14-4-1-2-5-15(14)10-13/h1-2,4-5,7-8,10,16H,3,6,9,11-12H2. The van der Waals surface area contributed by atoms with Gasteiger partial charge in [0.1, 0.15) is 5.78 Å². The molecule has 0 amide bonds. The third-order valence-electron chi connectivity index (χ3n) is 3.81. The van der Waals surface area contributed by atoms with Crippen LogP contribution in [0.25, 0.3) is 10.8 Å². The van der Waals surface area contributed by atoms with E-state index in [2.05, 4.69) is 30.3 Å². The lowest BCUT2D eigenvalue weighted by Crippen LogP contribution is -2.26. The summed E-state index contributed by atoms with van der Waals surface area (Å²) < 4.78 is 5.39. The molecule has 2 aromatic carbocycles. The molecule has 19 heavy (non-hydrogen) atoms. The van der Waals surface area contributed by atoms with Crippen molar-refractivity contribution in [2.24, 2.45) is 5.92 Å². The Morgan fingerprint density at radius 2 is 2.00 bits per heavy atom. The van der Waals surface area contributed by atoms with E-state index in [9.17, 15) is 4.79 Å². The van der Waals surface area contributed by atoms with E-state index in [-0.39, 0.29) is 5.92 Å². The summed E-state index contributed by atoms with van der Waals surface area (Å²) in [6.07, 6.45) is 2.51. The van der Waals surface area contributed by atoms with Crippen LogP contribution in [0.1, 0.15) is 18.4 Å². The van der Waals surface area contributed by atoms with Crippen molar-refractivity contribution in [2.45, 2.75) is 19.3 Å². The first-order valence-corrected chi connectivity index (χ1v) is 6.91. The lowest BCUT2D eigenvalue weighted by Gasteiger charge is -2.20. The van der Waals surface area contributed by atoms with E-state index in [1.165, 1.54) is 10.8 Å². The highest BCUT2D eigenvalue weighted by atomic mass is 16.5. The Kier molecular flexibility index (Phi) is 3.60. The molecule has 1 aliphatic heterocycles. The molecule has 1 atom stereocenters. The normalized spacial score (nSPS) is 19.5. The van der Waals surface area contributed by atoms with Crippen LogP contribution in [0, 0.1) is 5.92 Å². The quantitative estimate of drug-likeness (QED) is 0.839. The van der Waals surface area contributed by atoms with Gasteiger partial charge in [-0.15, -0.1) is 0 Å². The topological polar surface area (TPSA) is 26.3 Å². The second-order valence-corrected chi connectivity index (χ2v) is 5.24. The number of carbonyl (C=O) groups is 1. The van der Waals surface area contributed by atoms with Gasteiger partial charge in [0.15, 0.2) is 0 Å². The molecule has 1 heterocycles. The zero-order chi connectivity index (χ0) is 13.1. The molecule has 1 aliphatic rings. The van der Waals surface area contributed by atoms with Crippen molar-refractivity contribution in [1.82, 2.24) is 0 Å². The number of Topliss-reactive ketones (excluding diaryl/α,β-unsaturated/α-hetero) is 1. The molecule has 0 saturated carbocycles. The van der Waals surface area contributed by atoms with Crippen LogP contribution in [0.3, 0.4) is 0 Å². The van der Waals surface area contributed by atoms with Crippen molar-refractivity contribution in [3.8, 4) is 0 Å². The van der Waals surface area contributed by atoms with Gasteiger partial charge in [0.25, 0.3) is 0 Å². The van der Waals surface area contributed by atoms with Gasteiger partial charge < -0.3 is 4.74 Å². The second kappa shape index (κ2) is 5.54. The molecular weight excluding hydrogens is 236 g/mol. The van der Waals surface area contributed by atoms with Gasteiger partial charge in [0.2, 0.25) is 0 Å². The van der Waals surface area contributed by atoms with E-state index >= 15 is 0 Å². The highest BCUT2D eigenvalue weighted by molar-refractivity contribution is 5.87. The summed E-state index contributed by atoms with van der Waals surface area (Å²) in [5, 5.41) is 2.42. The molecule has 2 aromatic rings. The van der Waals surface area contributed by atoms with Crippen LogP contribution in [0.15, 0.2) is 42.5 Å². The number of ether oxygens (including phenoxy) is 1. The van der Waals surface area contributed by atoms with E-state index in [1.807, 2.05) is 12.1 Å². The first-order valence-electron chi connectivity index (χ1n) is 6.91. The molecule has 0 N–H and O–H groups in total. The SMILES string of the molecule is O=C(Cc1ccc2ccccc2c1)C1CCCOC1. The minimum Gasteiger partial charge on any atom is -0.381 e. The van der Waals surface area contributed by atoms with Crippen molar-refractivity contribution >= 4 is 16.6 Å². The lowest BCUT2D eigenvalue weighted by molar-refractivity contribution is -0.126. The molecule has 3 rings (SSSR count). The number of hydrogen-bond acceptors (Lipinski definition) is 2. The Hall–Kier alpha value is -1.67. The number of ketones is 1. The molecule has 1 unspecified atom stereocenters. The molecule has 1 saturated heterocycles. The van der Waals surface area contributed by atoms with E-state index in [1.54, 1.807) is 0 Å². The molecule has 0 radical (unpaired) electrons. The molecule has 2 heteroatoms. The summed E-state index contributed by atoms with van der Waals surface area (Å²) in [6.45, 7) is 1.41. The number of carbonyl (C=O) groups excluding carboxylic acids is 1. The zero-order valence-corrected chi connectivity index (χ0v) is 11.0. The summed E-state index contributed by atoms with van der Waals surface area (Å²) in [4.78, 5) is 12.2.